The monoisotopic (exact) mass is 352 g/mol. The Morgan fingerprint density at radius 1 is 1.43 bits per heavy atom. The second kappa shape index (κ2) is 7.34. The molecule has 9 heteroatoms. The second-order valence-electron chi connectivity index (χ2n) is 4.62. The van der Waals surface area contributed by atoms with Gasteiger partial charge in [0.1, 0.15) is 10.4 Å². The van der Waals surface area contributed by atoms with E-state index in [9.17, 15) is 19.5 Å². The summed E-state index contributed by atoms with van der Waals surface area (Å²) in [6.07, 6.45) is 4.15. The molecular formula is C14H12N2O5S2. The minimum Gasteiger partial charge on any atom is -0.481 e. The van der Waals surface area contributed by atoms with Crippen molar-refractivity contribution in [3.05, 3.63) is 35.0 Å². The number of hydrogen-bond acceptors (Lipinski definition) is 6. The maximum absolute atomic E-state index is 12.4. The van der Waals surface area contributed by atoms with Crippen LogP contribution >= 0.6 is 24.0 Å². The van der Waals surface area contributed by atoms with Gasteiger partial charge in [-0.25, -0.2) is 4.79 Å². The van der Waals surface area contributed by atoms with E-state index in [2.05, 4.69) is 4.98 Å². The summed E-state index contributed by atoms with van der Waals surface area (Å²) in [5.41, 5.74) is 0.686. The van der Waals surface area contributed by atoms with Crippen LogP contribution in [0.15, 0.2) is 29.4 Å². The largest absolute Gasteiger partial charge is 0.481 e. The zero-order valence-corrected chi connectivity index (χ0v) is 13.3. The van der Waals surface area contributed by atoms with E-state index in [-0.39, 0.29) is 22.1 Å². The normalized spacial score (nSPS) is 17.6. The SMILES string of the molecule is O=C(O)CC[C@H](C(=O)O)N1C(=O)/C(=C/c2cccnc2)SC1=S. The van der Waals surface area contributed by atoms with E-state index in [1.165, 1.54) is 0 Å². The first kappa shape index (κ1) is 17.1. The van der Waals surface area contributed by atoms with Crippen molar-refractivity contribution in [1.29, 1.82) is 0 Å². The molecule has 0 spiro atoms. The quantitative estimate of drug-likeness (QED) is 0.587. The number of aromatic nitrogens is 1. The molecule has 1 aliphatic heterocycles. The number of aliphatic carboxylic acids is 2. The van der Waals surface area contributed by atoms with Crippen molar-refractivity contribution in [1.82, 2.24) is 9.88 Å². The Morgan fingerprint density at radius 2 is 2.17 bits per heavy atom. The number of amides is 1. The third kappa shape index (κ3) is 4.14. The number of thioether (sulfide) groups is 1. The molecule has 1 atom stereocenters. The van der Waals surface area contributed by atoms with Gasteiger partial charge in [-0.1, -0.05) is 30.0 Å². The maximum atomic E-state index is 12.4. The average Bonchev–Trinajstić information content (AvgIpc) is 2.75. The molecule has 0 saturated carbocycles. The van der Waals surface area contributed by atoms with E-state index in [1.54, 1.807) is 30.6 Å². The maximum Gasteiger partial charge on any atom is 0.326 e. The van der Waals surface area contributed by atoms with E-state index in [0.717, 1.165) is 16.7 Å². The van der Waals surface area contributed by atoms with E-state index < -0.39 is 23.9 Å². The summed E-state index contributed by atoms with van der Waals surface area (Å²) < 4.78 is 0.0999. The van der Waals surface area contributed by atoms with Gasteiger partial charge in [-0.05, 0) is 24.1 Å². The van der Waals surface area contributed by atoms with Crippen LogP contribution in [-0.2, 0) is 14.4 Å². The molecule has 0 radical (unpaired) electrons. The highest BCUT2D eigenvalue weighted by Gasteiger charge is 2.40. The average molecular weight is 352 g/mol. The van der Waals surface area contributed by atoms with Gasteiger partial charge in [-0.3, -0.25) is 19.5 Å². The van der Waals surface area contributed by atoms with Gasteiger partial charge in [-0.15, -0.1) is 0 Å². The Labute approximate surface area is 141 Å². The van der Waals surface area contributed by atoms with Gasteiger partial charge in [0.2, 0.25) is 0 Å². The molecule has 7 nitrogen and oxygen atoms in total. The van der Waals surface area contributed by atoms with Gasteiger partial charge in [0, 0.05) is 18.8 Å². The van der Waals surface area contributed by atoms with Crippen LogP contribution in [-0.4, -0.2) is 48.3 Å². The lowest BCUT2D eigenvalue weighted by Crippen LogP contribution is -2.44. The van der Waals surface area contributed by atoms with Crippen molar-refractivity contribution in [3.63, 3.8) is 0 Å². The molecule has 1 aromatic rings. The van der Waals surface area contributed by atoms with Crippen molar-refractivity contribution in [2.75, 3.05) is 0 Å². The van der Waals surface area contributed by atoms with E-state index in [0.29, 0.717) is 5.56 Å². The third-order valence-corrected chi connectivity index (χ3v) is 4.36. The fourth-order valence-corrected chi connectivity index (χ4v) is 3.34. The lowest BCUT2D eigenvalue weighted by molar-refractivity contribution is -0.146. The predicted octanol–water partition coefficient (Wildman–Crippen LogP) is 1.60. The highest BCUT2D eigenvalue weighted by Crippen LogP contribution is 2.34. The standard InChI is InChI=1S/C14H12N2O5S2/c17-11(18)4-3-9(13(20)21)16-12(19)10(23-14(16)22)6-8-2-1-5-15-7-8/h1-2,5-7,9H,3-4H2,(H,17,18)(H,20,21)/b10-6-/t9-/m1/s1. The summed E-state index contributed by atoms with van der Waals surface area (Å²) in [4.78, 5) is 39.6. The van der Waals surface area contributed by atoms with Crippen LogP contribution in [0.4, 0.5) is 0 Å². The minimum absolute atomic E-state index is 0.0999. The van der Waals surface area contributed by atoms with Gasteiger partial charge in [0.25, 0.3) is 5.91 Å². The summed E-state index contributed by atoms with van der Waals surface area (Å²) >= 11 is 6.07. The van der Waals surface area contributed by atoms with Crippen molar-refractivity contribution in [2.24, 2.45) is 0 Å². The Bertz CT molecular complexity index is 690. The van der Waals surface area contributed by atoms with E-state index >= 15 is 0 Å². The lowest BCUT2D eigenvalue weighted by Gasteiger charge is -2.22. The van der Waals surface area contributed by atoms with Crippen LogP contribution < -0.4 is 0 Å². The van der Waals surface area contributed by atoms with Crippen molar-refractivity contribution in [2.45, 2.75) is 18.9 Å². The summed E-state index contributed by atoms with van der Waals surface area (Å²) in [5.74, 6) is -2.96. The van der Waals surface area contributed by atoms with Crippen molar-refractivity contribution in [3.8, 4) is 0 Å². The smallest absolute Gasteiger partial charge is 0.326 e. The third-order valence-electron chi connectivity index (χ3n) is 3.03. The highest BCUT2D eigenvalue weighted by molar-refractivity contribution is 8.26. The number of pyridine rings is 1. The summed E-state index contributed by atoms with van der Waals surface area (Å²) in [6, 6.07) is 2.16. The van der Waals surface area contributed by atoms with E-state index in [1.807, 2.05) is 0 Å². The fraction of sp³-hybridized carbons (Fsp3) is 0.214. The van der Waals surface area contributed by atoms with Crippen molar-refractivity contribution < 1.29 is 24.6 Å². The molecule has 2 rings (SSSR count). The molecule has 1 saturated heterocycles. The van der Waals surface area contributed by atoms with Crippen LogP contribution in [0.5, 0.6) is 0 Å². The number of nitrogens with zero attached hydrogens (tertiary/aromatic N) is 2. The Morgan fingerprint density at radius 3 is 2.74 bits per heavy atom. The van der Waals surface area contributed by atoms with E-state index in [4.69, 9.17) is 17.3 Å². The number of carbonyl (C=O) groups is 3. The molecular weight excluding hydrogens is 340 g/mol. The number of rotatable bonds is 6. The van der Waals surface area contributed by atoms with Gasteiger partial charge in [0.05, 0.1) is 4.91 Å². The van der Waals surface area contributed by atoms with Gasteiger partial charge >= 0.3 is 11.9 Å². The topological polar surface area (TPSA) is 108 Å². The minimum atomic E-state index is -1.29. The second-order valence-corrected chi connectivity index (χ2v) is 6.30. The zero-order chi connectivity index (χ0) is 17.0. The molecule has 1 fully saturated rings. The summed E-state index contributed by atoms with van der Waals surface area (Å²) in [6.45, 7) is 0. The molecule has 1 aliphatic rings. The Hall–Kier alpha value is -2.26. The fourth-order valence-electron chi connectivity index (χ4n) is 1.98. The van der Waals surface area contributed by atoms with Crippen molar-refractivity contribution >= 4 is 52.2 Å². The molecule has 2 heterocycles. The molecule has 2 N–H and O–H groups in total. The van der Waals surface area contributed by atoms with Gasteiger partial charge < -0.3 is 10.2 Å². The van der Waals surface area contributed by atoms with Crippen LogP contribution in [0.25, 0.3) is 6.08 Å². The van der Waals surface area contributed by atoms with Crippen LogP contribution in [0, 0.1) is 0 Å². The number of carbonyl (C=O) groups excluding carboxylic acids is 1. The van der Waals surface area contributed by atoms with Crippen LogP contribution in [0.1, 0.15) is 18.4 Å². The molecule has 1 aromatic heterocycles. The molecule has 0 bridgehead atoms. The summed E-state index contributed by atoms with van der Waals surface area (Å²) in [5, 5.41) is 18.0. The molecule has 0 unspecified atom stereocenters. The zero-order valence-electron chi connectivity index (χ0n) is 11.7. The Kier molecular flexibility index (Phi) is 5.45. The first-order valence-electron chi connectivity index (χ1n) is 6.52. The molecule has 23 heavy (non-hydrogen) atoms. The van der Waals surface area contributed by atoms with Crippen LogP contribution in [0.2, 0.25) is 0 Å². The molecule has 0 aliphatic carbocycles. The molecule has 1 amide bonds. The predicted molar refractivity (Wildman–Crippen MR) is 87.5 cm³/mol. The number of hydrogen-bond donors (Lipinski definition) is 2. The molecule has 0 aromatic carbocycles. The first-order valence-corrected chi connectivity index (χ1v) is 7.74. The number of carboxylic acid groups (broad SMARTS) is 2. The molecule has 120 valence electrons. The Balaban J connectivity index is 2.24. The van der Waals surface area contributed by atoms with Gasteiger partial charge in [0.15, 0.2) is 0 Å². The number of thiocarbonyl (C=S) groups is 1. The summed E-state index contributed by atoms with van der Waals surface area (Å²) in [7, 11) is 0. The number of carboxylic acids is 2. The first-order chi connectivity index (χ1) is 10.9. The van der Waals surface area contributed by atoms with Gasteiger partial charge in [-0.2, -0.15) is 0 Å². The lowest BCUT2D eigenvalue weighted by atomic mass is 10.1. The van der Waals surface area contributed by atoms with Crippen LogP contribution in [0.3, 0.4) is 0 Å². The highest BCUT2D eigenvalue weighted by atomic mass is 32.2.